The maximum Gasteiger partial charge on any atom is 0.271 e. The molecule has 0 fully saturated rings. The van der Waals surface area contributed by atoms with E-state index in [9.17, 15) is 4.79 Å². The minimum Gasteiger partial charge on any atom is -0.487 e. The summed E-state index contributed by atoms with van der Waals surface area (Å²) in [6.07, 6.45) is 3.39. The number of carbonyl (C=O) groups is 1. The zero-order valence-corrected chi connectivity index (χ0v) is 16.8. The molecule has 0 radical (unpaired) electrons. The molecule has 0 aliphatic carbocycles. The first kappa shape index (κ1) is 19.9. The van der Waals surface area contributed by atoms with Crippen LogP contribution in [0.5, 0.6) is 5.75 Å². The summed E-state index contributed by atoms with van der Waals surface area (Å²) in [5, 5.41) is 9.18. The van der Waals surface area contributed by atoms with Crippen LogP contribution < -0.4 is 10.2 Å². The molecule has 0 atom stereocenters. The number of ether oxygens (including phenoxy) is 1. The van der Waals surface area contributed by atoms with Gasteiger partial charge in [-0.2, -0.15) is 10.2 Å². The summed E-state index contributed by atoms with van der Waals surface area (Å²) in [6, 6.07) is 12.1. The monoisotopic (exact) mass is 416 g/mol. The average molecular weight is 417 g/mol. The molecule has 6 nitrogen and oxygen atoms in total. The topological polar surface area (TPSA) is 68.5 Å². The summed E-state index contributed by atoms with van der Waals surface area (Å²) in [5.41, 5.74) is 5.49. The van der Waals surface area contributed by atoms with E-state index >= 15 is 0 Å². The molecule has 0 bridgehead atoms. The zero-order chi connectivity index (χ0) is 20.1. The highest BCUT2D eigenvalue weighted by Crippen LogP contribution is 2.28. The summed E-state index contributed by atoms with van der Waals surface area (Å²) >= 11 is 12.0. The first-order valence-corrected chi connectivity index (χ1v) is 9.18. The van der Waals surface area contributed by atoms with Crippen molar-refractivity contribution in [3.63, 3.8) is 0 Å². The number of nitrogens with zero attached hydrogens (tertiary/aromatic N) is 3. The van der Waals surface area contributed by atoms with E-state index < -0.39 is 0 Å². The molecule has 144 valence electrons. The van der Waals surface area contributed by atoms with Crippen molar-refractivity contribution in [2.24, 2.45) is 12.1 Å². The second kappa shape index (κ2) is 8.91. The summed E-state index contributed by atoms with van der Waals surface area (Å²) in [4.78, 5) is 12.3. The highest BCUT2D eigenvalue weighted by molar-refractivity contribution is 6.35. The molecule has 0 spiro atoms. The predicted molar refractivity (Wildman–Crippen MR) is 110 cm³/mol. The van der Waals surface area contributed by atoms with Crippen LogP contribution in [0, 0.1) is 6.92 Å². The number of amides is 1. The van der Waals surface area contributed by atoms with Gasteiger partial charge in [-0.25, -0.2) is 5.43 Å². The lowest BCUT2D eigenvalue weighted by Crippen LogP contribution is -2.17. The lowest BCUT2D eigenvalue weighted by Gasteiger charge is -2.09. The van der Waals surface area contributed by atoms with Gasteiger partial charge in [0, 0.05) is 29.4 Å². The van der Waals surface area contributed by atoms with Gasteiger partial charge in [0.15, 0.2) is 0 Å². The van der Waals surface area contributed by atoms with Gasteiger partial charge < -0.3 is 4.74 Å². The Balaban J connectivity index is 1.62. The maximum absolute atomic E-state index is 12.3. The fourth-order valence-electron chi connectivity index (χ4n) is 2.53. The number of nitrogens with one attached hydrogen (secondary N) is 1. The number of rotatable bonds is 6. The van der Waals surface area contributed by atoms with Crippen LogP contribution in [0.25, 0.3) is 0 Å². The molecule has 1 amide bonds. The third kappa shape index (κ3) is 5.12. The van der Waals surface area contributed by atoms with E-state index in [-0.39, 0.29) is 12.5 Å². The Bertz CT molecular complexity index is 1030. The van der Waals surface area contributed by atoms with Crippen molar-refractivity contribution in [1.82, 2.24) is 15.2 Å². The molecule has 3 rings (SSSR count). The minimum absolute atomic E-state index is 0.265. The molecule has 0 unspecified atom stereocenters. The fraction of sp³-hybridized carbons (Fsp3) is 0.150. The third-order valence-electron chi connectivity index (χ3n) is 3.90. The van der Waals surface area contributed by atoms with E-state index in [1.54, 1.807) is 47.3 Å². The Kier molecular flexibility index (Phi) is 6.34. The van der Waals surface area contributed by atoms with Crippen molar-refractivity contribution < 1.29 is 9.53 Å². The number of hydrazone groups is 1. The Hall–Kier alpha value is -2.83. The van der Waals surface area contributed by atoms with Gasteiger partial charge in [-0.15, -0.1) is 0 Å². The van der Waals surface area contributed by atoms with Gasteiger partial charge in [-0.3, -0.25) is 9.48 Å². The Morgan fingerprint density at radius 2 is 2.11 bits per heavy atom. The van der Waals surface area contributed by atoms with Crippen LogP contribution in [0.15, 0.2) is 53.8 Å². The van der Waals surface area contributed by atoms with Gasteiger partial charge >= 0.3 is 0 Å². The number of hydrogen-bond acceptors (Lipinski definition) is 4. The number of carbonyl (C=O) groups excluding carboxylic acids is 1. The molecule has 0 aliphatic heterocycles. The highest BCUT2D eigenvalue weighted by Gasteiger charge is 2.07. The van der Waals surface area contributed by atoms with Gasteiger partial charge in [0.2, 0.25) is 0 Å². The van der Waals surface area contributed by atoms with Crippen LogP contribution in [0.4, 0.5) is 0 Å². The number of halogens is 2. The van der Waals surface area contributed by atoms with Gasteiger partial charge in [0.05, 0.1) is 16.9 Å². The van der Waals surface area contributed by atoms with Crippen LogP contribution >= 0.6 is 23.2 Å². The average Bonchev–Trinajstić information content (AvgIpc) is 2.98. The van der Waals surface area contributed by atoms with Gasteiger partial charge in [0.25, 0.3) is 5.91 Å². The summed E-state index contributed by atoms with van der Waals surface area (Å²) < 4.78 is 7.40. The van der Waals surface area contributed by atoms with E-state index in [1.807, 2.05) is 26.2 Å². The van der Waals surface area contributed by atoms with E-state index in [1.165, 1.54) is 0 Å². The maximum atomic E-state index is 12.3. The molecule has 8 heteroatoms. The Morgan fingerprint density at radius 1 is 1.29 bits per heavy atom. The molecular weight excluding hydrogens is 399 g/mol. The molecule has 0 saturated heterocycles. The summed E-state index contributed by atoms with van der Waals surface area (Å²) in [6.45, 7) is 2.14. The second-order valence-electron chi connectivity index (χ2n) is 6.11. The van der Waals surface area contributed by atoms with Crippen LogP contribution in [0.2, 0.25) is 10.0 Å². The molecular formula is C20H18Cl2N4O2. The molecule has 1 aromatic heterocycles. The lowest BCUT2D eigenvalue weighted by atomic mass is 10.1. The molecule has 28 heavy (non-hydrogen) atoms. The van der Waals surface area contributed by atoms with Crippen molar-refractivity contribution in [2.75, 3.05) is 0 Å². The normalized spacial score (nSPS) is 11.0. The molecule has 1 N–H and O–H groups in total. The first-order valence-electron chi connectivity index (χ1n) is 8.43. The van der Waals surface area contributed by atoms with E-state index in [2.05, 4.69) is 15.6 Å². The van der Waals surface area contributed by atoms with Gasteiger partial charge in [-0.05, 0) is 42.8 Å². The van der Waals surface area contributed by atoms with Gasteiger partial charge in [0.1, 0.15) is 12.4 Å². The van der Waals surface area contributed by atoms with E-state index in [4.69, 9.17) is 27.9 Å². The predicted octanol–water partition coefficient (Wildman–Crippen LogP) is 4.38. The first-order chi connectivity index (χ1) is 13.4. The van der Waals surface area contributed by atoms with E-state index in [0.29, 0.717) is 21.4 Å². The Morgan fingerprint density at radius 3 is 2.82 bits per heavy atom. The fourth-order valence-corrected chi connectivity index (χ4v) is 2.99. The summed E-state index contributed by atoms with van der Waals surface area (Å²) in [5.74, 6) is 0.210. The standard InChI is InChI=1S/C20H18Cl2N4O2/c1-13-16(11-26(2)25-13)10-23-24-20(27)15-5-3-4-14(8-15)12-28-19-7-6-17(21)9-18(19)22/h3-11H,12H2,1-2H3,(H,24,27)/b23-10+. The smallest absolute Gasteiger partial charge is 0.271 e. The molecule has 0 aliphatic rings. The van der Waals surface area contributed by atoms with Crippen LogP contribution in [0.3, 0.4) is 0 Å². The van der Waals surface area contributed by atoms with Crippen molar-refractivity contribution in [3.8, 4) is 5.75 Å². The van der Waals surface area contributed by atoms with Crippen LogP contribution in [0.1, 0.15) is 27.2 Å². The third-order valence-corrected chi connectivity index (χ3v) is 4.43. The van der Waals surface area contributed by atoms with Crippen LogP contribution in [-0.4, -0.2) is 21.9 Å². The molecule has 0 saturated carbocycles. The molecule has 3 aromatic rings. The number of benzene rings is 2. The second-order valence-corrected chi connectivity index (χ2v) is 6.95. The van der Waals surface area contributed by atoms with E-state index in [0.717, 1.165) is 16.8 Å². The quantitative estimate of drug-likeness (QED) is 0.478. The molecule has 1 heterocycles. The number of hydrogen-bond donors (Lipinski definition) is 1. The lowest BCUT2D eigenvalue weighted by molar-refractivity contribution is 0.0955. The van der Waals surface area contributed by atoms with Crippen molar-refractivity contribution in [2.45, 2.75) is 13.5 Å². The molecule has 2 aromatic carbocycles. The minimum atomic E-state index is -0.316. The zero-order valence-electron chi connectivity index (χ0n) is 15.3. The largest absolute Gasteiger partial charge is 0.487 e. The highest BCUT2D eigenvalue weighted by atomic mass is 35.5. The van der Waals surface area contributed by atoms with Crippen molar-refractivity contribution >= 4 is 35.3 Å². The van der Waals surface area contributed by atoms with Crippen LogP contribution in [-0.2, 0) is 13.7 Å². The van der Waals surface area contributed by atoms with Gasteiger partial charge in [-0.1, -0.05) is 35.3 Å². The summed E-state index contributed by atoms with van der Waals surface area (Å²) in [7, 11) is 1.83. The SMILES string of the molecule is Cc1nn(C)cc1/C=N/NC(=O)c1cccc(COc2ccc(Cl)cc2Cl)c1. The number of aryl methyl sites for hydroxylation is 2. The number of aromatic nitrogens is 2. The van der Waals surface area contributed by atoms with Crippen molar-refractivity contribution in [3.05, 3.63) is 81.1 Å². The van der Waals surface area contributed by atoms with Crippen molar-refractivity contribution in [1.29, 1.82) is 0 Å². The Labute approximate surface area is 172 Å².